The molecule has 0 fully saturated rings. The molecule has 3 amide bonds. The van der Waals surface area contributed by atoms with Crippen molar-refractivity contribution >= 4 is 41.4 Å². The molecule has 14 heteroatoms. The number of hydrogen-bond donors (Lipinski definition) is 8. The highest BCUT2D eigenvalue weighted by molar-refractivity contribution is 7.98. The van der Waals surface area contributed by atoms with Crippen molar-refractivity contribution in [3.05, 3.63) is 0 Å². The summed E-state index contributed by atoms with van der Waals surface area (Å²) in [4.78, 5) is 52.8. The number of aliphatic carboxylic acids is 1. The zero-order valence-corrected chi connectivity index (χ0v) is 19.9. The Morgan fingerprint density at radius 2 is 1.45 bits per heavy atom. The lowest BCUT2D eigenvalue weighted by Gasteiger charge is -2.24. The fourth-order valence-electron chi connectivity index (χ4n) is 2.82. The molecule has 3 atom stereocenters. The number of rotatable bonds is 18. The summed E-state index contributed by atoms with van der Waals surface area (Å²) in [5.74, 6) is -2.43. The van der Waals surface area contributed by atoms with Crippen molar-refractivity contribution < 1.29 is 24.3 Å². The van der Waals surface area contributed by atoms with Gasteiger partial charge in [0, 0.05) is 6.54 Å². The molecule has 190 valence electrons. The van der Waals surface area contributed by atoms with Gasteiger partial charge < -0.3 is 44.0 Å². The third-order valence-electron chi connectivity index (χ3n) is 4.59. The van der Waals surface area contributed by atoms with Crippen molar-refractivity contribution in [3.8, 4) is 0 Å². The zero-order chi connectivity index (χ0) is 25.2. The maximum absolute atomic E-state index is 12.9. The number of hydrogen-bond acceptors (Lipinski definition) is 8. The van der Waals surface area contributed by atoms with Crippen LogP contribution >= 0.6 is 11.8 Å². The van der Waals surface area contributed by atoms with E-state index in [-0.39, 0.29) is 38.3 Å². The topological polar surface area (TPSA) is 241 Å². The molecule has 0 aromatic rings. The van der Waals surface area contributed by atoms with Gasteiger partial charge in [0.2, 0.25) is 17.7 Å². The van der Waals surface area contributed by atoms with E-state index in [1.54, 1.807) is 0 Å². The predicted octanol–water partition coefficient (Wildman–Crippen LogP) is -2.58. The minimum atomic E-state index is -1.16. The van der Waals surface area contributed by atoms with Gasteiger partial charge in [-0.15, -0.1) is 0 Å². The summed E-state index contributed by atoms with van der Waals surface area (Å²) in [6.07, 6.45) is 4.12. The summed E-state index contributed by atoms with van der Waals surface area (Å²) in [5, 5.41) is 17.0. The van der Waals surface area contributed by atoms with E-state index in [1.807, 2.05) is 6.26 Å². The highest BCUT2D eigenvalue weighted by atomic mass is 32.2. The van der Waals surface area contributed by atoms with E-state index in [1.165, 1.54) is 11.8 Å². The predicted molar refractivity (Wildman–Crippen MR) is 128 cm³/mol. The van der Waals surface area contributed by atoms with Crippen LogP contribution in [0.15, 0.2) is 4.99 Å². The Hall–Kier alpha value is -2.58. The van der Waals surface area contributed by atoms with E-state index in [9.17, 15) is 24.3 Å². The molecule has 3 unspecified atom stereocenters. The number of thioether (sulfide) groups is 1. The van der Waals surface area contributed by atoms with E-state index in [0.29, 0.717) is 31.6 Å². The average Bonchev–Trinajstić information content (AvgIpc) is 2.77. The lowest BCUT2D eigenvalue weighted by molar-refractivity contribution is -0.142. The average molecular weight is 491 g/mol. The van der Waals surface area contributed by atoms with E-state index < -0.39 is 41.8 Å². The first-order valence-corrected chi connectivity index (χ1v) is 12.1. The molecular weight excluding hydrogens is 452 g/mol. The van der Waals surface area contributed by atoms with Crippen LogP contribution in [0, 0.1) is 0 Å². The van der Waals surface area contributed by atoms with E-state index >= 15 is 0 Å². The van der Waals surface area contributed by atoms with Crippen LogP contribution in [0.4, 0.5) is 0 Å². The van der Waals surface area contributed by atoms with Crippen molar-refractivity contribution in [2.45, 2.75) is 56.7 Å². The molecule has 0 heterocycles. The zero-order valence-electron chi connectivity index (χ0n) is 19.0. The Balaban J connectivity index is 5.28. The summed E-state index contributed by atoms with van der Waals surface area (Å²) in [5.41, 5.74) is 21.3. The van der Waals surface area contributed by atoms with Gasteiger partial charge in [-0.1, -0.05) is 0 Å². The van der Waals surface area contributed by atoms with Crippen LogP contribution in [0.2, 0.25) is 0 Å². The molecule has 0 aromatic carbocycles. The SMILES string of the molecule is CSCCC(NC(=O)C(CCCN=C(N)N)NC(=O)CN)C(=O)NC(CCCCN)C(=O)O. The molecule has 0 radical (unpaired) electrons. The number of carboxylic acids is 1. The lowest BCUT2D eigenvalue weighted by Crippen LogP contribution is -2.56. The Labute approximate surface area is 198 Å². The van der Waals surface area contributed by atoms with Gasteiger partial charge >= 0.3 is 5.97 Å². The maximum Gasteiger partial charge on any atom is 0.326 e. The highest BCUT2D eigenvalue weighted by Crippen LogP contribution is 2.07. The van der Waals surface area contributed by atoms with Crippen molar-refractivity contribution in [1.82, 2.24) is 16.0 Å². The van der Waals surface area contributed by atoms with Crippen LogP contribution in [-0.2, 0) is 19.2 Å². The van der Waals surface area contributed by atoms with Crippen molar-refractivity contribution in [3.63, 3.8) is 0 Å². The summed E-state index contributed by atoms with van der Waals surface area (Å²) in [6.45, 7) is 0.368. The molecule has 0 rings (SSSR count). The molecule has 12 N–H and O–H groups in total. The number of unbranched alkanes of at least 4 members (excludes halogenated alkanes) is 1. The van der Waals surface area contributed by atoms with E-state index in [2.05, 4.69) is 20.9 Å². The van der Waals surface area contributed by atoms with Crippen LogP contribution in [-0.4, -0.2) is 84.5 Å². The molecular formula is C19H38N8O5S. The van der Waals surface area contributed by atoms with Gasteiger partial charge in [0.1, 0.15) is 18.1 Å². The van der Waals surface area contributed by atoms with Gasteiger partial charge in [-0.05, 0) is 57.1 Å². The third kappa shape index (κ3) is 14.2. The molecule has 0 aliphatic carbocycles. The van der Waals surface area contributed by atoms with Crippen molar-refractivity contribution in [1.29, 1.82) is 0 Å². The lowest BCUT2D eigenvalue weighted by atomic mass is 10.1. The van der Waals surface area contributed by atoms with Crippen molar-refractivity contribution in [2.24, 2.45) is 27.9 Å². The molecule has 0 spiro atoms. The van der Waals surface area contributed by atoms with Crippen molar-refractivity contribution in [2.75, 3.05) is 31.6 Å². The minimum Gasteiger partial charge on any atom is -0.480 e. The molecule has 33 heavy (non-hydrogen) atoms. The van der Waals surface area contributed by atoms with E-state index in [0.717, 1.165) is 0 Å². The fourth-order valence-corrected chi connectivity index (χ4v) is 3.30. The number of carbonyl (C=O) groups is 4. The number of guanidine groups is 1. The quantitative estimate of drug-likeness (QED) is 0.0566. The molecule has 0 aromatic heterocycles. The Morgan fingerprint density at radius 1 is 0.879 bits per heavy atom. The molecule has 0 bridgehead atoms. The Morgan fingerprint density at radius 3 is 1.97 bits per heavy atom. The van der Waals surface area contributed by atoms with Crippen LogP contribution in [0.1, 0.15) is 38.5 Å². The molecule has 0 saturated heterocycles. The summed E-state index contributed by atoms with van der Waals surface area (Å²) >= 11 is 1.47. The number of nitrogens with zero attached hydrogens (tertiary/aromatic N) is 1. The summed E-state index contributed by atoms with van der Waals surface area (Å²) in [6, 6.07) is -3.03. The van der Waals surface area contributed by atoms with Gasteiger partial charge in [0.05, 0.1) is 6.54 Å². The molecule has 0 aliphatic heterocycles. The number of amides is 3. The number of nitrogens with one attached hydrogen (secondary N) is 3. The normalized spacial score (nSPS) is 13.3. The second-order valence-electron chi connectivity index (χ2n) is 7.30. The van der Waals surface area contributed by atoms with Crippen LogP contribution < -0.4 is 38.9 Å². The highest BCUT2D eigenvalue weighted by Gasteiger charge is 2.29. The standard InChI is InChI=1S/C19H38N8O5S/c1-33-10-7-13(17(30)27-14(18(31)32)5-2-3-8-20)26-16(29)12(25-15(28)11-21)6-4-9-24-19(22)23/h12-14H,2-11,20-21H2,1H3,(H,25,28)(H,26,29)(H,27,30)(H,31,32)(H4,22,23,24). The first-order chi connectivity index (χ1) is 15.7. The van der Waals surface area contributed by atoms with Crippen LogP contribution in [0.25, 0.3) is 0 Å². The monoisotopic (exact) mass is 490 g/mol. The number of carbonyl (C=O) groups excluding carboxylic acids is 3. The summed E-state index contributed by atoms with van der Waals surface area (Å²) in [7, 11) is 0. The minimum absolute atomic E-state index is 0.0877. The first-order valence-electron chi connectivity index (χ1n) is 10.7. The first kappa shape index (κ1) is 30.4. The number of aliphatic imine (C=N–C) groups is 1. The van der Waals surface area contributed by atoms with Gasteiger partial charge in [0.15, 0.2) is 5.96 Å². The van der Waals surface area contributed by atoms with Crippen LogP contribution in [0.5, 0.6) is 0 Å². The summed E-state index contributed by atoms with van der Waals surface area (Å²) < 4.78 is 0. The fraction of sp³-hybridized carbons (Fsp3) is 0.737. The molecule has 0 aliphatic rings. The third-order valence-corrected chi connectivity index (χ3v) is 5.23. The van der Waals surface area contributed by atoms with Gasteiger partial charge in [-0.2, -0.15) is 11.8 Å². The van der Waals surface area contributed by atoms with Gasteiger partial charge in [-0.25, -0.2) is 4.79 Å². The molecule has 0 saturated carbocycles. The number of nitrogens with two attached hydrogens (primary N) is 4. The second kappa shape index (κ2) is 17.9. The van der Waals surface area contributed by atoms with Gasteiger partial charge in [-0.3, -0.25) is 19.4 Å². The Bertz CT molecular complexity index is 660. The number of carboxylic acid groups (broad SMARTS) is 1. The smallest absolute Gasteiger partial charge is 0.326 e. The Kier molecular flexibility index (Phi) is 16.5. The second-order valence-corrected chi connectivity index (χ2v) is 8.29. The van der Waals surface area contributed by atoms with Gasteiger partial charge in [0.25, 0.3) is 0 Å². The largest absolute Gasteiger partial charge is 0.480 e. The molecule has 13 nitrogen and oxygen atoms in total. The van der Waals surface area contributed by atoms with Crippen LogP contribution in [0.3, 0.4) is 0 Å². The van der Waals surface area contributed by atoms with E-state index in [4.69, 9.17) is 22.9 Å². The maximum atomic E-state index is 12.9.